The molecule has 100 valence electrons. The minimum atomic E-state index is -0.319. The Bertz CT molecular complexity index is 703. The van der Waals surface area contributed by atoms with Crippen LogP contribution in [0.15, 0.2) is 51.8 Å². The summed E-state index contributed by atoms with van der Waals surface area (Å²) < 4.78 is 5.40. The van der Waals surface area contributed by atoms with E-state index in [4.69, 9.17) is 4.42 Å². The summed E-state index contributed by atoms with van der Waals surface area (Å²) in [7, 11) is 0. The number of carbonyl (C=O) groups is 2. The molecule has 0 radical (unpaired) electrons. The lowest BCUT2D eigenvalue weighted by molar-refractivity contribution is -0.113. The Balaban J connectivity index is 1.93. The fourth-order valence-corrected chi connectivity index (χ4v) is 2.75. The molecule has 1 aromatic carbocycles. The van der Waals surface area contributed by atoms with Crippen molar-refractivity contribution in [2.75, 3.05) is 4.90 Å². The van der Waals surface area contributed by atoms with Crippen molar-refractivity contribution in [3.8, 4) is 0 Å². The van der Waals surface area contributed by atoms with Gasteiger partial charge in [0.2, 0.25) is 0 Å². The third kappa shape index (κ3) is 2.28. The number of thioether (sulfide) groups is 1. The van der Waals surface area contributed by atoms with Gasteiger partial charge in [0.15, 0.2) is 0 Å². The topological polar surface area (TPSA) is 50.5 Å². The van der Waals surface area contributed by atoms with Gasteiger partial charge < -0.3 is 4.42 Å². The van der Waals surface area contributed by atoms with Gasteiger partial charge in [-0.2, -0.15) is 0 Å². The van der Waals surface area contributed by atoms with Gasteiger partial charge in [-0.05, 0) is 43.0 Å². The van der Waals surface area contributed by atoms with E-state index in [-0.39, 0.29) is 11.1 Å². The second kappa shape index (κ2) is 5.02. The largest absolute Gasteiger partial charge is 0.462 e. The maximum Gasteiger partial charge on any atom is 0.298 e. The number of nitrogens with zero attached hydrogens (tertiary/aromatic N) is 1. The van der Waals surface area contributed by atoms with Gasteiger partial charge >= 0.3 is 0 Å². The molecule has 1 fully saturated rings. The Hall–Kier alpha value is -2.27. The Morgan fingerprint density at radius 2 is 1.85 bits per heavy atom. The summed E-state index contributed by atoms with van der Waals surface area (Å²) >= 11 is 0.919. The van der Waals surface area contributed by atoms with E-state index in [1.807, 2.05) is 19.1 Å². The number of hydrogen-bond donors (Lipinski definition) is 0. The number of imide groups is 1. The number of furan rings is 1. The van der Waals surface area contributed by atoms with Gasteiger partial charge in [-0.1, -0.05) is 18.2 Å². The first kappa shape index (κ1) is 12.7. The van der Waals surface area contributed by atoms with E-state index in [2.05, 4.69) is 0 Å². The molecule has 0 N–H and O–H groups in total. The number of para-hydroxylation sites is 1. The van der Waals surface area contributed by atoms with Gasteiger partial charge in [0.1, 0.15) is 11.5 Å². The molecule has 0 unspecified atom stereocenters. The van der Waals surface area contributed by atoms with Crippen molar-refractivity contribution in [1.29, 1.82) is 0 Å². The van der Waals surface area contributed by atoms with Crippen molar-refractivity contribution >= 4 is 34.7 Å². The van der Waals surface area contributed by atoms with Crippen LogP contribution in [0.2, 0.25) is 0 Å². The van der Waals surface area contributed by atoms with Gasteiger partial charge in [-0.15, -0.1) is 0 Å². The third-order valence-corrected chi connectivity index (χ3v) is 3.71. The first-order valence-corrected chi connectivity index (χ1v) is 6.86. The molecule has 0 bridgehead atoms. The first-order chi connectivity index (χ1) is 9.65. The Labute approximate surface area is 120 Å². The van der Waals surface area contributed by atoms with E-state index >= 15 is 0 Å². The average Bonchev–Trinajstić information content (AvgIpc) is 2.96. The smallest absolute Gasteiger partial charge is 0.298 e. The Morgan fingerprint density at radius 3 is 2.50 bits per heavy atom. The molecule has 20 heavy (non-hydrogen) atoms. The van der Waals surface area contributed by atoms with E-state index in [9.17, 15) is 9.59 Å². The number of rotatable bonds is 2. The molecular weight excluding hydrogens is 274 g/mol. The van der Waals surface area contributed by atoms with E-state index < -0.39 is 0 Å². The van der Waals surface area contributed by atoms with Crippen LogP contribution in [0.4, 0.5) is 10.5 Å². The zero-order chi connectivity index (χ0) is 14.1. The molecule has 1 aromatic heterocycles. The SMILES string of the molecule is Cc1ccc(/C=C2\SC(=O)N(c3ccccc3)C2=O)o1. The molecule has 2 amide bonds. The summed E-state index contributed by atoms with van der Waals surface area (Å²) in [6, 6.07) is 12.5. The van der Waals surface area contributed by atoms with Crippen LogP contribution >= 0.6 is 11.8 Å². The predicted molar refractivity (Wildman–Crippen MR) is 78.3 cm³/mol. The van der Waals surface area contributed by atoms with Gasteiger partial charge in [0, 0.05) is 6.08 Å². The van der Waals surface area contributed by atoms with Crippen LogP contribution in [-0.2, 0) is 4.79 Å². The highest BCUT2D eigenvalue weighted by Crippen LogP contribution is 2.35. The molecule has 2 aromatic rings. The summed E-state index contributed by atoms with van der Waals surface area (Å²) in [5.41, 5.74) is 0.578. The van der Waals surface area contributed by atoms with E-state index in [0.29, 0.717) is 16.4 Å². The second-order valence-corrected chi connectivity index (χ2v) is 5.29. The number of aryl methyl sites for hydroxylation is 1. The molecule has 0 saturated carbocycles. The van der Waals surface area contributed by atoms with Gasteiger partial charge in [-0.3, -0.25) is 9.59 Å². The molecule has 5 heteroatoms. The van der Waals surface area contributed by atoms with Gasteiger partial charge in [-0.25, -0.2) is 4.90 Å². The van der Waals surface area contributed by atoms with Crippen LogP contribution < -0.4 is 4.90 Å². The molecule has 1 aliphatic rings. The molecule has 3 rings (SSSR count). The van der Waals surface area contributed by atoms with E-state index in [1.165, 1.54) is 4.90 Å². The minimum absolute atomic E-state index is 0.296. The lowest BCUT2D eigenvalue weighted by atomic mass is 10.3. The monoisotopic (exact) mass is 285 g/mol. The summed E-state index contributed by atoms with van der Waals surface area (Å²) in [5.74, 6) is 1.01. The standard InChI is InChI=1S/C15H11NO3S/c1-10-7-8-12(19-10)9-13-14(17)16(15(18)20-13)11-5-3-2-4-6-11/h2-9H,1H3/b13-9-. The van der Waals surface area contributed by atoms with Crippen LogP contribution in [-0.4, -0.2) is 11.1 Å². The number of carbonyl (C=O) groups excluding carboxylic acids is 2. The second-order valence-electron chi connectivity index (χ2n) is 4.30. The summed E-state index contributed by atoms with van der Waals surface area (Å²) in [5, 5.41) is -0.296. The average molecular weight is 285 g/mol. The van der Waals surface area contributed by atoms with Crippen molar-refractivity contribution in [2.24, 2.45) is 0 Å². The van der Waals surface area contributed by atoms with Gasteiger partial charge in [0.25, 0.3) is 11.1 Å². The summed E-state index contributed by atoms with van der Waals surface area (Å²) in [6.45, 7) is 1.83. The normalized spacial score (nSPS) is 17.2. The Kier molecular flexibility index (Phi) is 3.20. The maximum absolute atomic E-state index is 12.3. The molecule has 1 saturated heterocycles. The molecule has 1 aliphatic heterocycles. The maximum atomic E-state index is 12.3. The van der Waals surface area contributed by atoms with Crippen LogP contribution in [0.25, 0.3) is 6.08 Å². The summed E-state index contributed by atoms with van der Waals surface area (Å²) in [4.78, 5) is 25.8. The third-order valence-electron chi connectivity index (χ3n) is 2.84. The van der Waals surface area contributed by atoms with Crippen molar-refractivity contribution in [1.82, 2.24) is 0 Å². The number of anilines is 1. The first-order valence-electron chi connectivity index (χ1n) is 6.04. The van der Waals surface area contributed by atoms with Crippen molar-refractivity contribution in [2.45, 2.75) is 6.92 Å². The lowest BCUT2D eigenvalue weighted by Crippen LogP contribution is -2.27. The van der Waals surface area contributed by atoms with E-state index in [1.54, 1.807) is 36.4 Å². The van der Waals surface area contributed by atoms with Gasteiger partial charge in [0.05, 0.1) is 10.6 Å². The molecule has 2 heterocycles. The zero-order valence-electron chi connectivity index (χ0n) is 10.7. The fourth-order valence-electron chi connectivity index (χ4n) is 1.93. The highest BCUT2D eigenvalue weighted by Gasteiger charge is 2.36. The zero-order valence-corrected chi connectivity index (χ0v) is 11.5. The fraction of sp³-hybridized carbons (Fsp3) is 0.0667. The van der Waals surface area contributed by atoms with Crippen LogP contribution in [0, 0.1) is 6.92 Å². The van der Waals surface area contributed by atoms with Crippen molar-refractivity contribution in [3.63, 3.8) is 0 Å². The quantitative estimate of drug-likeness (QED) is 0.787. The van der Waals surface area contributed by atoms with Crippen LogP contribution in [0.5, 0.6) is 0 Å². The molecule has 0 spiro atoms. The van der Waals surface area contributed by atoms with Crippen LogP contribution in [0.3, 0.4) is 0 Å². The molecule has 0 aliphatic carbocycles. The number of hydrogen-bond acceptors (Lipinski definition) is 4. The predicted octanol–water partition coefficient (Wildman–Crippen LogP) is 3.83. The Morgan fingerprint density at radius 1 is 1.10 bits per heavy atom. The number of benzene rings is 1. The lowest BCUT2D eigenvalue weighted by Gasteiger charge is -2.11. The number of amides is 2. The summed E-state index contributed by atoms with van der Waals surface area (Å²) in [6.07, 6.45) is 1.60. The molecule has 4 nitrogen and oxygen atoms in total. The minimum Gasteiger partial charge on any atom is -0.462 e. The van der Waals surface area contributed by atoms with Crippen LogP contribution in [0.1, 0.15) is 11.5 Å². The highest BCUT2D eigenvalue weighted by atomic mass is 32.2. The van der Waals surface area contributed by atoms with E-state index in [0.717, 1.165) is 17.5 Å². The molecule has 0 atom stereocenters. The van der Waals surface area contributed by atoms with Crippen molar-refractivity contribution in [3.05, 3.63) is 58.9 Å². The molecular formula is C15H11NO3S. The van der Waals surface area contributed by atoms with Crippen molar-refractivity contribution < 1.29 is 14.0 Å². The highest BCUT2D eigenvalue weighted by molar-refractivity contribution is 8.19.